The maximum Gasteiger partial charge on any atom is 0.416 e. The maximum absolute atomic E-state index is 13.8. The summed E-state index contributed by atoms with van der Waals surface area (Å²) >= 11 is 0. The zero-order valence-electron chi connectivity index (χ0n) is 18.6. The summed E-state index contributed by atoms with van der Waals surface area (Å²) < 4.78 is 69.7. The molecule has 0 amide bonds. The third-order valence-corrected chi connectivity index (χ3v) is 8.69. The van der Waals surface area contributed by atoms with Crippen molar-refractivity contribution in [3.63, 3.8) is 0 Å². The fourth-order valence-corrected chi connectivity index (χ4v) is 7.20. The molecule has 0 radical (unpaired) electrons. The largest absolute Gasteiger partial charge is 0.416 e. The van der Waals surface area contributed by atoms with E-state index in [4.69, 9.17) is 0 Å². The van der Waals surface area contributed by atoms with Gasteiger partial charge in [0, 0.05) is 24.2 Å². The van der Waals surface area contributed by atoms with Crippen molar-refractivity contribution in [2.24, 2.45) is 0 Å². The Balaban J connectivity index is 1.60. The molecule has 2 heterocycles. The lowest BCUT2D eigenvalue weighted by atomic mass is 9.80. The third kappa shape index (κ3) is 3.99. The summed E-state index contributed by atoms with van der Waals surface area (Å²) in [7, 11) is -4.07. The number of hydrogen-bond donors (Lipinski definition) is 1. The Morgan fingerprint density at radius 2 is 1.59 bits per heavy atom. The van der Waals surface area contributed by atoms with E-state index in [-0.39, 0.29) is 24.1 Å². The molecule has 2 unspecified atom stereocenters. The molecule has 0 spiro atoms. The molecule has 3 atom stereocenters. The van der Waals surface area contributed by atoms with Crippen molar-refractivity contribution < 1.29 is 21.6 Å². The minimum Gasteiger partial charge on any atom is -0.382 e. The Bertz CT molecular complexity index is 1320. The van der Waals surface area contributed by atoms with Gasteiger partial charge in [0.05, 0.1) is 17.4 Å². The quantitative estimate of drug-likeness (QED) is 0.512. The zero-order valence-corrected chi connectivity index (χ0v) is 19.4. The van der Waals surface area contributed by atoms with Crippen LogP contribution in [-0.2, 0) is 28.4 Å². The topological polar surface area (TPSA) is 49.4 Å². The summed E-state index contributed by atoms with van der Waals surface area (Å²) in [6, 6.07) is 20.0. The summed E-state index contributed by atoms with van der Waals surface area (Å²) in [5.41, 5.74) is 2.83. The van der Waals surface area contributed by atoms with Crippen molar-refractivity contribution in [1.29, 1.82) is 0 Å². The van der Waals surface area contributed by atoms with Crippen molar-refractivity contribution in [2.45, 2.75) is 43.3 Å². The van der Waals surface area contributed by atoms with Gasteiger partial charge < -0.3 is 5.32 Å². The van der Waals surface area contributed by atoms with Crippen molar-refractivity contribution in [3.8, 4) is 0 Å². The number of sulfonamides is 1. The predicted octanol–water partition coefficient (Wildman–Crippen LogP) is 5.73. The van der Waals surface area contributed by atoms with Gasteiger partial charge in [-0.2, -0.15) is 17.5 Å². The van der Waals surface area contributed by atoms with Crippen molar-refractivity contribution in [1.82, 2.24) is 4.31 Å². The standard InChI is InChI=1S/C26H25F3N2O2S/c1-17-24(21-11-5-7-13-23(21)30-17)25-20-10-4-2-8-18(20)14-15-31(25)34(32,33)16-19-9-3-6-12-22(19)26(27,28)29/h2-13,17,24-25,30H,14-16H2,1H3/t17?,24?,25-/m1/s1. The van der Waals surface area contributed by atoms with Crippen LogP contribution in [0.1, 0.15) is 46.7 Å². The van der Waals surface area contributed by atoms with Crippen LogP contribution in [-0.4, -0.2) is 25.3 Å². The SMILES string of the molecule is CC1Nc2ccccc2C1[C@H]1c2ccccc2CCN1S(=O)(=O)Cc1ccccc1C(F)(F)F. The molecule has 0 aliphatic carbocycles. The first-order valence-corrected chi connectivity index (χ1v) is 12.9. The summed E-state index contributed by atoms with van der Waals surface area (Å²) in [4.78, 5) is 0. The van der Waals surface area contributed by atoms with E-state index in [1.54, 1.807) is 0 Å². The van der Waals surface area contributed by atoms with E-state index >= 15 is 0 Å². The summed E-state index contributed by atoms with van der Waals surface area (Å²) in [5, 5.41) is 3.46. The van der Waals surface area contributed by atoms with Crippen LogP contribution >= 0.6 is 0 Å². The summed E-state index contributed by atoms with van der Waals surface area (Å²) in [6.45, 7) is 2.25. The lowest BCUT2D eigenvalue weighted by Gasteiger charge is -2.41. The number of hydrogen-bond acceptors (Lipinski definition) is 3. The number of para-hydroxylation sites is 1. The van der Waals surface area contributed by atoms with Crippen LogP contribution in [0.15, 0.2) is 72.8 Å². The van der Waals surface area contributed by atoms with E-state index < -0.39 is 33.6 Å². The number of anilines is 1. The lowest BCUT2D eigenvalue weighted by molar-refractivity contribution is -0.138. The molecule has 5 rings (SSSR count). The molecule has 34 heavy (non-hydrogen) atoms. The minimum absolute atomic E-state index is 0.0475. The molecule has 2 aliphatic heterocycles. The monoisotopic (exact) mass is 486 g/mol. The van der Waals surface area contributed by atoms with E-state index in [0.717, 1.165) is 28.4 Å². The van der Waals surface area contributed by atoms with E-state index in [2.05, 4.69) is 5.32 Å². The fraction of sp³-hybridized carbons (Fsp3) is 0.308. The smallest absolute Gasteiger partial charge is 0.382 e. The number of halogens is 3. The average molecular weight is 487 g/mol. The number of alkyl halides is 3. The molecule has 178 valence electrons. The molecule has 0 aromatic heterocycles. The highest BCUT2D eigenvalue weighted by Gasteiger charge is 2.45. The maximum atomic E-state index is 13.8. The fourth-order valence-electron chi connectivity index (χ4n) is 5.43. The highest BCUT2D eigenvalue weighted by molar-refractivity contribution is 7.88. The minimum atomic E-state index is -4.62. The molecule has 3 aromatic carbocycles. The van der Waals surface area contributed by atoms with Crippen LogP contribution < -0.4 is 5.32 Å². The van der Waals surface area contributed by atoms with Crippen molar-refractivity contribution >= 4 is 15.7 Å². The Hall–Kier alpha value is -2.84. The molecule has 2 aliphatic rings. The van der Waals surface area contributed by atoms with Gasteiger partial charge in [0.25, 0.3) is 0 Å². The number of nitrogens with zero attached hydrogens (tertiary/aromatic N) is 1. The first-order valence-electron chi connectivity index (χ1n) is 11.2. The molecule has 0 bridgehead atoms. The molecule has 3 aromatic rings. The Morgan fingerprint density at radius 1 is 0.941 bits per heavy atom. The zero-order chi connectivity index (χ0) is 24.1. The van der Waals surface area contributed by atoms with Gasteiger partial charge in [-0.15, -0.1) is 0 Å². The van der Waals surface area contributed by atoms with Crippen LogP contribution in [0, 0.1) is 0 Å². The van der Waals surface area contributed by atoms with E-state index in [9.17, 15) is 21.6 Å². The molecule has 0 fully saturated rings. The second-order valence-corrected chi connectivity index (χ2v) is 10.9. The van der Waals surface area contributed by atoms with Crippen LogP contribution in [0.2, 0.25) is 0 Å². The van der Waals surface area contributed by atoms with E-state index in [1.165, 1.54) is 22.5 Å². The van der Waals surface area contributed by atoms with Gasteiger partial charge in [0.1, 0.15) is 0 Å². The predicted molar refractivity (Wildman–Crippen MR) is 126 cm³/mol. The van der Waals surface area contributed by atoms with Crippen LogP contribution in [0.5, 0.6) is 0 Å². The van der Waals surface area contributed by atoms with Gasteiger partial charge in [-0.1, -0.05) is 60.7 Å². The number of benzene rings is 3. The number of nitrogens with one attached hydrogen (secondary N) is 1. The van der Waals surface area contributed by atoms with Gasteiger partial charge in [-0.3, -0.25) is 0 Å². The normalized spacial score (nSPS) is 22.6. The number of fused-ring (bicyclic) bond motifs is 2. The first kappa shape index (κ1) is 22.9. The van der Waals surface area contributed by atoms with Gasteiger partial charge in [-0.25, -0.2) is 8.42 Å². The average Bonchev–Trinajstić information content (AvgIpc) is 3.13. The second kappa shape index (κ2) is 8.43. The highest BCUT2D eigenvalue weighted by Crippen LogP contribution is 2.49. The molecule has 8 heteroatoms. The van der Waals surface area contributed by atoms with Gasteiger partial charge in [0.15, 0.2) is 0 Å². The third-order valence-electron chi connectivity index (χ3n) is 6.89. The van der Waals surface area contributed by atoms with Gasteiger partial charge in [0.2, 0.25) is 10.0 Å². The first-order chi connectivity index (χ1) is 16.2. The summed E-state index contributed by atoms with van der Waals surface area (Å²) in [6.07, 6.45) is -4.11. The second-order valence-electron chi connectivity index (χ2n) is 8.96. The summed E-state index contributed by atoms with van der Waals surface area (Å²) in [5.74, 6) is -0.873. The van der Waals surface area contributed by atoms with Crippen LogP contribution in [0.3, 0.4) is 0 Å². The van der Waals surface area contributed by atoms with Gasteiger partial charge >= 0.3 is 6.18 Å². The Kier molecular flexibility index (Phi) is 5.68. The number of rotatable bonds is 4. The van der Waals surface area contributed by atoms with E-state index in [0.29, 0.717) is 6.42 Å². The molecular weight excluding hydrogens is 461 g/mol. The van der Waals surface area contributed by atoms with Crippen molar-refractivity contribution in [2.75, 3.05) is 11.9 Å². The lowest BCUT2D eigenvalue weighted by Crippen LogP contribution is -2.44. The van der Waals surface area contributed by atoms with Crippen LogP contribution in [0.25, 0.3) is 0 Å². The Labute approximate surface area is 197 Å². The highest BCUT2D eigenvalue weighted by atomic mass is 32.2. The van der Waals surface area contributed by atoms with E-state index in [1.807, 2.05) is 55.5 Å². The molecular formula is C26H25F3N2O2S. The van der Waals surface area contributed by atoms with Crippen LogP contribution in [0.4, 0.5) is 18.9 Å². The Morgan fingerprint density at radius 3 is 2.35 bits per heavy atom. The molecule has 4 nitrogen and oxygen atoms in total. The molecule has 0 saturated carbocycles. The molecule has 0 saturated heterocycles. The molecule has 1 N–H and O–H groups in total. The van der Waals surface area contributed by atoms with Crippen molar-refractivity contribution in [3.05, 3.63) is 101 Å². The van der Waals surface area contributed by atoms with Gasteiger partial charge in [-0.05, 0) is 47.7 Å².